The van der Waals surface area contributed by atoms with Gasteiger partial charge < -0.3 is 9.47 Å². The molecule has 0 unspecified atom stereocenters. The lowest BCUT2D eigenvalue weighted by molar-refractivity contribution is -0.131. The van der Waals surface area contributed by atoms with Gasteiger partial charge in [0.15, 0.2) is 0 Å². The summed E-state index contributed by atoms with van der Waals surface area (Å²) in [6.45, 7) is 2.36. The molecule has 2 fully saturated rings. The van der Waals surface area contributed by atoms with Gasteiger partial charge in [-0.1, -0.05) is 30.3 Å². The fourth-order valence-corrected chi connectivity index (χ4v) is 5.47. The van der Waals surface area contributed by atoms with E-state index >= 15 is 0 Å². The van der Waals surface area contributed by atoms with Crippen LogP contribution >= 0.6 is 0 Å². The standard InChI is InChI=1S/C29H26FN5O/c30-24-8-10-27-26(14-24)32-28(35(27)17-18-11-12-34(16-18)29(36)21-5-6-21)20-3-1-19(2-4-20)22-7-9-25-23(13-22)15-31-33-25/h1-4,7-10,13-15,18,21H,5-6,11-12,16-17H2,(H,31,33)/t18-/m0/s1. The number of nitrogens with one attached hydrogen (secondary N) is 1. The van der Waals surface area contributed by atoms with Crippen LogP contribution in [-0.4, -0.2) is 43.6 Å². The SMILES string of the molecule is O=C(C1CC1)N1CC[C@H](Cn2c(-c3ccc(-c4ccc5[nH]ncc5c4)cc3)nc3cc(F)ccc32)C1. The molecule has 7 heteroatoms. The van der Waals surface area contributed by atoms with Crippen molar-refractivity contribution < 1.29 is 9.18 Å². The normalized spacial score (nSPS) is 17.9. The van der Waals surface area contributed by atoms with E-state index in [2.05, 4.69) is 51.2 Å². The van der Waals surface area contributed by atoms with Crippen LogP contribution in [0.3, 0.4) is 0 Å². The zero-order chi connectivity index (χ0) is 24.2. The second-order valence-electron chi connectivity index (χ2n) is 10.1. The highest BCUT2D eigenvalue weighted by atomic mass is 19.1. The zero-order valence-electron chi connectivity index (χ0n) is 19.8. The van der Waals surface area contributed by atoms with E-state index in [-0.39, 0.29) is 11.7 Å². The zero-order valence-corrected chi connectivity index (χ0v) is 19.8. The van der Waals surface area contributed by atoms with E-state index in [1.54, 1.807) is 0 Å². The van der Waals surface area contributed by atoms with Crippen molar-refractivity contribution in [3.63, 3.8) is 0 Å². The predicted molar refractivity (Wildman–Crippen MR) is 138 cm³/mol. The largest absolute Gasteiger partial charge is 0.342 e. The molecule has 0 bridgehead atoms. The molecule has 1 saturated carbocycles. The van der Waals surface area contributed by atoms with E-state index in [0.29, 0.717) is 17.3 Å². The van der Waals surface area contributed by atoms with Crippen molar-refractivity contribution >= 4 is 27.8 Å². The summed E-state index contributed by atoms with van der Waals surface area (Å²) in [5.41, 5.74) is 5.82. The number of carbonyl (C=O) groups is 1. The van der Waals surface area contributed by atoms with Gasteiger partial charge in [-0.05, 0) is 60.6 Å². The van der Waals surface area contributed by atoms with Gasteiger partial charge in [0.25, 0.3) is 0 Å². The first kappa shape index (κ1) is 21.3. The Balaban J connectivity index is 1.21. The van der Waals surface area contributed by atoms with Gasteiger partial charge >= 0.3 is 0 Å². The molecule has 0 spiro atoms. The van der Waals surface area contributed by atoms with Crippen molar-refractivity contribution in [2.45, 2.75) is 25.8 Å². The van der Waals surface area contributed by atoms with E-state index in [1.807, 2.05) is 23.2 Å². The third kappa shape index (κ3) is 3.75. The van der Waals surface area contributed by atoms with Crippen LogP contribution in [0.1, 0.15) is 19.3 Å². The molecule has 1 aliphatic heterocycles. The number of aromatic amines is 1. The average molecular weight is 480 g/mol. The fourth-order valence-electron chi connectivity index (χ4n) is 5.47. The van der Waals surface area contributed by atoms with Crippen LogP contribution in [0.5, 0.6) is 0 Å². The van der Waals surface area contributed by atoms with Gasteiger partial charge in [-0.15, -0.1) is 0 Å². The van der Waals surface area contributed by atoms with Crippen LogP contribution in [0.25, 0.3) is 44.5 Å². The molecule has 6 nitrogen and oxygen atoms in total. The van der Waals surface area contributed by atoms with Crippen LogP contribution in [0, 0.1) is 17.7 Å². The van der Waals surface area contributed by atoms with Crippen LogP contribution in [0.2, 0.25) is 0 Å². The number of halogens is 1. The molecule has 0 radical (unpaired) electrons. The minimum atomic E-state index is -0.286. The number of aromatic nitrogens is 4. The van der Waals surface area contributed by atoms with Crippen molar-refractivity contribution in [1.82, 2.24) is 24.6 Å². The summed E-state index contributed by atoms with van der Waals surface area (Å²) in [5.74, 6) is 1.48. The van der Waals surface area contributed by atoms with Crippen molar-refractivity contribution in [2.24, 2.45) is 11.8 Å². The summed E-state index contributed by atoms with van der Waals surface area (Å²) < 4.78 is 16.2. The van der Waals surface area contributed by atoms with Crippen molar-refractivity contribution in [2.75, 3.05) is 13.1 Å². The van der Waals surface area contributed by atoms with Crippen LogP contribution < -0.4 is 0 Å². The molecule has 3 heterocycles. The first-order chi connectivity index (χ1) is 17.6. The molecular formula is C29H26FN5O. The fraction of sp³-hybridized carbons (Fsp3) is 0.276. The van der Waals surface area contributed by atoms with Gasteiger partial charge in [0.05, 0.1) is 22.7 Å². The Morgan fingerprint density at radius 1 is 0.972 bits per heavy atom. The van der Waals surface area contributed by atoms with Crippen LogP contribution in [0.4, 0.5) is 4.39 Å². The highest BCUT2D eigenvalue weighted by molar-refractivity contribution is 5.85. The molecule has 7 rings (SSSR count). The average Bonchev–Trinajstić information content (AvgIpc) is 3.30. The molecule has 5 aromatic rings. The van der Waals surface area contributed by atoms with Crippen molar-refractivity contribution in [3.05, 3.63) is 72.7 Å². The van der Waals surface area contributed by atoms with Gasteiger partial charge in [-0.3, -0.25) is 9.89 Å². The highest BCUT2D eigenvalue weighted by Crippen LogP contribution is 2.34. The lowest BCUT2D eigenvalue weighted by Gasteiger charge is -2.18. The molecule has 1 aliphatic carbocycles. The Bertz CT molecular complexity index is 1600. The van der Waals surface area contributed by atoms with Crippen molar-refractivity contribution in [3.8, 4) is 22.5 Å². The van der Waals surface area contributed by atoms with Crippen LogP contribution in [-0.2, 0) is 11.3 Å². The third-order valence-electron chi connectivity index (χ3n) is 7.59. The summed E-state index contributed by atoms with van der Waals surface area (Å²) in [7, 11) is 0. The molecule has 36 heavy (non-hydrogen) atoms. The number of H-pyrrole nitrogens is 1. The third-order valence-corrected chi connectivity index (χ3v) is 7.59. The minimum absolute atomic E-state index is 0.254. The number of benzene rings is 3. The monoisotopic (exact) mass is 479 g/mol. The van der Waals surface area contributed by atoms with Gasteiger partial charge in [-0.2, -0.15) is 5.10 Å². The smallest absolute Gasteiger partial charge is 0.225 e. The number of nitrogens with zero attached hydrogens (tertiary/aromatic N) is 4. The quantitative estimate of drug-likeness (QED) is 0.355. The summed E-state index contributed by atoms with van der Waals surface area (Å²) >= 11 is 0. The first-order valence-corrected chi connectivity index (χ1v) is 12.6. The molecule has 1 atom stereocenters. The van der Waals surface area contributed by atoms with Gasteiger partial charge in [0.1, 0.15) is 11.6 Å². The number of amides is 1. The molecule has 2 aliphatic rings. The lowest BCUT2D eigenvalue weighted by Crippen LogP contribution is -2.30. The maximum Gasteiger partial charge on any atom is 0.225 e. The Morgan fingerprint density at radius 3 is 2.61 bits per heavy atom. The van der Waals surface area contributed by atoms with Crippen molar-refractivity contribution in [1.29, 1.82) is 0 Å². The Labute approximate surface area is 207 Å². The Kier molecular flexibility index (Phi) is 4.91. The first-order valence-electron chi connectivity index (χ1n) is 12.6. The van der Waals surface area contributed by atoms with E-state index in [0.717, 1.165) is 77.8 Å². The molecule has 1 amide bonds. The molecular weight excluding hydrogens is 453 g/mol. The van der Waals surface area contributed by atoms with Crippen LogP contribution in [0.15, 0.2) is 66.9 Å². The Morgan fingerprint density at radius 2 is 1.78 bits per heavy atom. The second-order valence-corrected chi connectivity index (χ2v) is 10.1. The molecule has 180 valence electrons. The molecule has 3 aromatic carbocycles. The summed E-state index contributed by atoms with van der Waals surface area (Å²) in [6.07, 6.45) is 4.88. The van der Waals surface area contributed by atoms with Gasteiger partial charge in [-0.25, -0.2) is 9.37 Å². The number of imidazole rings is 1. The van der Waals surface area contributed by atoms with Gasteiger partial charge in [0.2, 0.25) is 5.91 Å². The number of fused-ring (bicyclic) bond motifs is 2. The second kappa shape index (κ2) is 8.29. The molecule has 1 saturated heterocycles. The number of hydrogen-bond acceptors (Lipinski definition) is 3. The molecule has 1 N–H and O–H groups in total. The minimum Gasteiger partial charge on any atom is -0.342 e. The molecule has 2 aromatic heterocycles. The van der Waals surface area contributed by atoms with E-state index in [1.165, 1.54) is 12.1 Å². The van der Waals surface area contributed by atoms with E-state index in [9.17, 15) is 9.18 Å². The number of rotatable bonds is 5. The summed E-state index contributed by atoms with van der Waals surface area (Å²) in [5, 5.41) is 8.17. The number of hydrogen-bond donors (Lipinski definition) is 1. The number of carbonyl (C=O) groups excluding carboxylic acids is 1. The maximum atomic E-state index is 14.0. The predicted octanol–water partition coefficient (Wildman–Crippen LogP) is 5.64. The number of likely N-dealkylation sites (tertiary alicyclic amines) is 1. The van der Waals surface area contributed by atoms with E-state index < -0.39 is 0 Å². The van der Waals surface area contributed by atoms with Gasteiger partial charge in [0, 0.05) is 42.6 Å². The summed E-state index contributed by atoms with van der Waals surface area (Å²) in [4.78, 5) is 19.4. The topological polar surface area (TPSA) is 66.8 Å². The summed E-state index contributed by atoms with van der Waals surface area (Å²) in [6, 6.07) is 19.4. The van der Waals surface area contributed by atoms with E-state index in [4.69, 9.17) is 4.98 Å². The lowest BCUT2D eigenvalue weighted by atomic mass is 10.0. The Hall–Kier alpha value is -4.00. The highest BCUT2D eigenvalue weighted by Gasteiger charge is 2.36. The maximum absolute atomic E-state index is 14.0.